The molecule has 2 fully saturated rings. The van der Waals surface area contributed by atoms with Crippen LogP contribution in [0.25, 0.3) is 0 Å². The molecule has 1 aromatic carbocycles. The average Bonchev–Trinajstić information content (AvgIpc) is 2.99. The monoisotopic (exact) mass is 294 g/mol. The molecule has 1 N–H and O–H groups in total. The summed E-state index contributed by atoms with van der Waals surface area (Å²) in [6, 6.07) is 3.25. The molecule has 2 aliphatic rings. The van der Waals surface area contributed by atoms with Crippen molar-refractivity contribution in [1.82, 2.24) is 10.2 Å². The number of benzene rings is 1. The van der Waals surface area contributed by atoms with Gasteiger partial charge in [-0.05, 0) is 62.9 Å². The first-order valence-corrected chi connectivity index (χ1v) is 7.63. The highest BCUT2D eigenvalue weighted by molar-refractivity contribution is 5.94. The van der Waals surface area contributed by atoms with E-state index < -0.39 is 11.6 Å². The molecule has 5 heteroatoms. The van der Waals surface area contributed by atoms with Gasteiger partial charge in [0.2, 0.25) is 0 Å². The number of rotatable bonds is 2. The van der Waals surface area contributed by atoms with Crippen molar-refractivity contribution in [1.29, 1.82) is 0 Å². The molecule has 0 saturated carbocycles. The Morgan fingerprint density at radius 3 is 2.71 bits per heavy atom. The van der Waals surface area contributed by atoms with Gasteiger partial charge in [-0.3, -0.25) is 4.79 Å². The highest BCUT2D eigenvalue weighted by atomic mass is 19.1. The summed E-state index contributed by atoms with van der Waals surface area (Å²) in [5.74, 6) is -1.11. The molecule has 1 unspecified atom stereocenters. The van der Waals surface area contributed by atoms with Gasteiger partial charge >= 0.3 is 0 Å². The number of halogens is 2. The summed E-state index contributed by atoms with van der Waals surface area (Å²) >= 11 is 0. The van der Waals surface area contributed by atoms with Crippen molar-refractivity contribution in [3.05, 3.63) is 35.4 Å². The zero-order valence-electron chi connectivity index (χ0n) is 11.9. The van der Waals surface area contributed by atoms with Crippen LogP contribution in [0.4, 0.5) is 8.78 Å². The standard InChI is InChI=1S/C16H20F2N2O/c17-12-3-4-14(18)13(10-12)16(21)20-9-1-2-15(20)11-5-7-19-8-6-11/h3-4,10-11,15,19H,1-2,5-9H2. The molecule has 3 nitrogen and oxygen atoms in total. The van der Waals surface area contributed by atoms with E-state index in [0.717, 1.165) is 57.0 Å². The lowest BCUT2D eigenvalue weighted by Crippen LogP contribution is -2.44. The Morgan fingerprint density at radius 1 is 1.19 bits per heavy atom. The second-order valence-electron chi connectivity index (χ2n) is 5.92. The Bertz CT molecular complexity index is 529. The maximum Gasteiger partial charge on any atom is 0.257 e. The van der Waals surface area contributed by atoms with Crippen LogP contribution in [-0.4, -0.2) is 36.5 Å². The van der Waals surface area contributed by atoms with Gasteiger partial charge in [0.15, 0.2) is 0 Å². The van der Waals surface area contributed by atoms with E-state index in [1.807, 2.05) is 0 Å². The summed E-state index contributed by atoms with van der Waals surface area (Å²) in [6.07, 6.45) is 3.99. The second kappa shape index (κ2) is 6.10. The number of nitrogens with zero attached hydrogens (tertiary/aromatic N) is 1. The van der Waals surface area contributed by atoms with E-state index in [4.69, 9.17) is 0 Å². The third-order valence-corrected chi connectivity index (χ3v) is 4.65. The summed E-state index contributed by atoms with van der Waals surface area (Å²) in [7, 11) is 0. The van der Waals surface area contributed by atoms with Gasteiger partial charge in [-0.15, -0.1) is 0 Å². The number of amides is 1. The van der Waals surface area contributed by atoms with Crippen molar-refractivity contribution in [2.45, 2.75) is 31.7 Å². The van der Waals surface area contributed by atoms with E-state index in [-0.39, 0.29) is 17.5 Å². The molecule has 3 rings (SSSR count). The van der Waals surface area contributed by atoms with Gasteiger partial charge in [-0.1, -0.05) is 0 Å². The van der Waals surface area contributed by atoms with E-state index in [9.17, 15) is 13.6 Å². The van der Waals surface area contributed by atoms with Gasteiger partial charge in [-0.25, -0.2) is 8.78 Å². The first kappa shape index (κ1) is 14.4. The molecule has 2 aliphatic heterocycles. The molecule has 2 saturated heterocycles. The van der Waals surface area contributed by atoms with E-state index in [0.29, 0.717) is 12.5 Å². The fraction of sp³-hybridized carbons (Fsp3) is 0.562. The van der Waals surface area contributed by atoms with Crippen molar-refractivity contribution in [2.75, 3.05) is 19.6 Å². The molecule has 0 bridgehead atoms. The number of carbonyl (C=O) groups is 1. The lowest BCUT2D eigenvalue weighted by Gasteiger charge is -2.34. The molecule has 1 atom stereocenters. The SMILES string of the molecule is O=C(c1cc(F)ccc1F)N1CCCC1C1CCNCC1. The van der Waals surface area contributed by atoms with Gasteiger partial charge < -0.3 is 10.2 Å². The van der Waals surface area contributed by atoms with Gasteiger partial charge in [0.05, 0.1) is 5.56 Å². The van der Waals surface area contributed by atoms with E-state index >= 15 is 0 Å². The second-order valence-corrected chi connectivity index (χ2v) is 5.92. The van der Waals surface area contributed by atoms with Crippen LogP contribution in [0, 0.1) is 17.6 Å². The first-order chi connectivity index (χ1) is 10.2. The zero-order chi connectivity index (χ0) is 14.8. The molecule has 0 spiro atoms. The molecule has 1 aromatic rings. The quantitative estimate of drug-likeness (QED) is 0.909. The minimum absolute atomic E-state index is 0.143. The number of nitrogens with one attached hydrogen (secondary N) is 1. The van der Waals surface area contributed by atoms with Gasteiger partial charge in [0, 0.05) is 12.6 Å². The summed E-state index contributed by atoms with van der Waals surface area (Å²) in [5, 5.41) is 3.32. The van der Waals surface area contributed by atoms with E-state index in [2.05, 4.69) is 5.32 Å². The molecular formula is C16H20F2N2O. The Hall–Kier alpha value is -1.49. The third-order valence-electron chi connectivity index (χ3n) is 4.65. The van der Waals surface area contributed by atoms with Gasteiger partial charge in [0.1, 0.15) is 11.6 Å². The molecule has 114 valence electrons. The molecule has 0 radical (unpaired) electrons. The normalized spacial score (nSPS) is 23.5. The lowest BCUT2D eigenvalue weighted by molar-refractivity contribution is 0.0661. The third kappa shape index (κ3) is 2.93. The van der Waals surface area contributed by atoms with Crippen molar-refractivity contribution < 1.29 is 13.6 Å². The number of hydrogen-bond donors (Lipinski definition) is 1. The van der Waals surface area contributed by atoms with E-state index in [1.165, 1.54) is 0 Å². The smallest absolute Gasteiger partial charge is 0.257 e. The molecule has 21 heavy (non-hydrogen) atoms. The maximum absolute atomic E-state index is 13.8. The topological polar surface area (TPSA) is 32.3 Å². The predicted octanol–water partition coefficient (Wildman–Crippen LogP) is 2.57. The molecular weight excluding hydrogens is 274 g/mol. The molecule has 2 heterocycles. The first-order valence-electron chi connectivity index (χ1n) is 7.63. The Labute approximate surface area is 123 Å². The molecule has 0 aromatic heterocycles. The summed E-state index contributed by atoms with van der Waals surface area (Å²) in [4.78, 5) is 14.3. The van der Waals surface area contributed by atoms with Crippen molar-refractivity contribution in [3.63, 3.8) is 0 Å². The number of carbonyl (C=O) groups excluding carboxylic acids is 1. The lowest BCUT2D eigenvalue weighted by atomic mass is 9.88. The highest BCUT2D eigenvalue weighted by Gasteiger charge is 2.36. The van der Waals surface area contributed by atoms with Crippen LogP contribution in [0.3, 0.4) is 0 Å². The number of likely N-dealkylation sites (tertiary alicyclic amines) is 1. The van der Waals surface area contributed by atoms with Crippen LogP contribution < -0.4 is 5.32 Å². The Kier molecular flexibility index (Phi) is 4.19. The van der Waals surface area contributed by atoms with Crippen LogP contribution in [0.15, 0.2) is 18.2 Å². The predicted molar refractivity (Wildman–Crippen MR) is 76.0 cm³/mol. The fourth-order valence-corrected chi connectivity index (χ4v) is 3.58. The fourth-order valence-electron chi connectivity index (χ4n) is 3.58. The molecule has 0 aliphatic carbocycles. The minimum Gasteiger partial charge on any atom is -0.335 e. The van der Waals surface area contributed by atoms with Gasteiger partial charge in [0.25, 0.3) is 5.91 Å². The van der Waals surface area contributed by atoms with Crippen molar-refractivity contribution >= 4 is 5.91 Å². The minimum atomic E-state index is -0.641. The van der Waals surface area contributed by atoms with Gasteiger partial charge in [-0.2, -0.15) is 0 Å². The van der Waals surface area contributed by atoms with E-state index in [1.54, 1.807) is 4.90 Å². The zero-order valence-corrected chi connectivity index (χ0v) is 11.9. The Balaban J connectivity index is 1.80. The highest BCUT2D eigenvalue weighted by Crippen LogP contribution is 2.31. The van der Waals surface area contributed by atoms with Crippen LogP contribution in [0.5, 0.6) is 0 Å². The Morgan fingerprint density at radius 2 is 1.95 bits per heavy atom. The maximum atomic E-state index is 13.8. The number of piperidine rings is 1. The number of hydrogen-bond acceptors (Lipinski definition) is 2. The van der Waals surface area contributed by atoms with Crippen LogP contribution in [0.2, 0.25) is 0 Å². The van der Waals surface area contributed by atoms with Crippen molar-refractivity contribution in [3.8, 4) is 0 Å². The summed E-state index contributed by atoms with van der Waals surface area (Å²) in [5.41, 5.74) is -0.143. The summed E-state index contributed by atoms with van der Waals surface area (Å²) in [6.45, 7) is 2.58. The van der Waals surface area contributed by atoms with Crippen LogP contribution in [-0.2, 0) is 0 Å². The van der Waals surface area contributed by atoms with Crippen LogP contribution >= 0.6 is 0 Å². The summed E-state index contributed by atoms with van der Waals surface area (Å²) < 4.78 is 27.1. The molecule has 1 amide bonds. The van der Waals surface area contributed by atoms with Crippen LogP contribution in [0.1, 0.15) is 36.0 Å². The largest absolute Gasteiger partial charge is 0.335 e. The average molecular weight is 294 g/mol. The van der Waals surface area contributed by atoms with Crippen molar-refractivity contribution in [2.24, 2.45) is 5.92 Å².